The van der Waals surface area contributed by atoms with E-state index in [1.54, 1.807) is 0 Å². The third-order valence-electron chi connectivity index (χ3n) is 4.08. The van der Waals surface area contributed by atoms with Gasteiger partial charge in [-0.05, 0) is 30.4 Å². The van der Waals surface area contributed by atoms with Crippen molar-refractivity contribution in [3.05, 3.63) is 41.0 Å². The van der Waals surface area contributed by atoms with Crippen LogP contribution >= 0.6 is 0 Å². The minimum absolute atomic E-state index is 0.0910. The zero-order valence-corrected chi connectivity index (χ0v) is 11.4. The number of allylic oxidation sites excluding steroid dienone is 1. The molecule has 3 rings (SSSR count). The van der Waals surface area contributed by atoms with E-state index in [1.807, 2.05) is 23.0 Å². The van der Waals surface area contributed by atoms with Gasteiger partial charge in [0.1, 0.15) is 5.52 Å². The smallest absolute Gasteiger partial charge is 0.274 e. The van der Waals surface area contributed by atoms with Gasteiger partial charge in [0.05, 0.1) is 0 Å². The SMILES string of the molecule is C=C(CC)c1cn(CCC2CC2)c(=O)c2[nH]ccc12. The second-order valence-electron chi connectivity index (χ2n) is 5.50. The summed E-state index contributed by atoms with van der Waals surface area (Å²) in [5, 5.41) is 1.000. The Kier molecular flexibility index (Phi) is 3.05. The zero-order valence-electron chi connectivity index (χ0n) is 11.4. The quantitative estimate of drug-likeness (QED) is 0.872. The van der Waals surface area contributed by atoms with Gasteiger partial charge in [-0.1, -0.05) is 26.3 Å². The van der Waals surface area contributed by atoms with Gasteiger partial charge >= 0.3 is 0 Å². The Hall–Kier alpha value is -1.77. The molecular weight excluding hydrogens is 236 g/mol. The van der Waals surface area contributed by atoms with Crippen LogP contribution in [0.4, 0.5) is 0 Å². The van der Waals surface area contributed by atoms with E-state index in [1.165, 1.54) is 12.8 Å². The van der Waals surface area contributed by atoms with E-state index < -0.39 is 0 Å². The van der Waals surface area contributed by atoms with E-state index in [0.29, 0.717) is 5.52 Å². The lowest BCUT2D eigenvalue weighted by Gasteiger charge is -2.11. The average molecular weight is 256 g/mol. The van der Waals surface area contributed by atoms with Crippen LogP contribution in [-0.4, -0.2) is 9.55 Å². The fraction of sp³-hybridized carbons (Fsp3) is 0.438. The van der Waals surface area contributed by atoms with Crippen LogP contribution in [0.3, 0.4) is 0 Å². The summed E-state index contributed by atoms with van der Waals surface area (Å²) in [4.78, 5) is 15.5. The summed E-state index contributed by atoms with van der Waals surface area (Å²) in [7, 11) is 0. The molecule has 0 atom stereocenters. The van der Waals surface area contributed by atoms with Crippen LogP contribution in [0.25, 0.3) is 16.5 Å². The van der Waals surface area contributed by atoms with Crippen LogP contribution in [0.15, 0.2) is 29.8 Å². The van der Waals surface area contributed by atoms with E-state index in [0.717, 1.165) is 41.8 Å². The average Bonchev–Trinajstić information content (AvgIpc) is 3.12. The van der Waals surface area contributed by atoms with Gasteiger partial charge in [-0.3, -0.25) is 4.79 Å². The maximum Gasteiger partial charge on any atom is 0.274 e. The third kappa shape index (κ3) is 2.25. The number of aryl methyl sites for hydroxylation is 1. The van der Waals surface area contributed by atoms with Crippen LogP contribution in [-0.2, 0) is 6.54 Å². The van der Waals surface area contributed by atoms with E-state index >= 15 is 0 Å². The summed E-state index contributed by atoms with van der Waals surface area (Å²) >= 11 is 0. The standard InChI is InChI=1S/C16H20N2O/c1-3-11(2)14-10-18(9-7-12-4-5-12)16(19)15-13(14)6-8-17-15/h6,8,10,12,17H,2-5,7,9H2,1H3. The Morgan fingerprint density at radius 2 is 2.32 bits per heavy atom. The van der Waals surface area contributed by atoms with E-state index in [-0.39, 0.29) is 5.56 Å². The maximum atomic E-state index is 12.4. The molecule has 1 aliphatic rings. The molecule has 3 nitrogen and oxygen atoms in total. The van der Waals surface area contributed by atoms with Crippen molar-refractivity contribution in [1.82, 2.24) is 9.55 Å². The molecular formula is C16H20N2O. The topological polar surface area (TPSA) is 37.8 Å². The molecule has 0 unspecified atom stereocenters. The molecule has 0 bridgehead atoms. The number of rotatable bonds is 5. The molecule has 1 N–H and O–H groups in total. The second-order valence-corrected chi connectivity index (χ2v) is 5.50. The van der Waals surface area contributed by atoms with Gasteiger partial charge in [0.2, 0.25) is 0 Å². The van der Waals surface area contributed by atoms with Crippen LogP contribution in [0, 0.1) is 5.92 Å². The number of aromatic nitrogens is 2. The molecule has 0 spiro atoms. The number of fused-ring (bicyclic) bond motifs is 1. The maximum absolute atomic E-state index is 12.4. The fourth-order valence-corrected chi connectivity index (χ4v) is 2.56. The van der Waals surface area contributed by atoms with Crippen LogP contribution in [0.2, 0.25) is 0 Å². The lowest BCUT2D eigenvalue weighted by Crippen LogP contribution is -2.21. The highest BCUT2D eigenvalue weighted by molar-refractivity contribution is 5.90. The van der Waals surface area contributed by atoms with Crippen molar-refractivity contribution in [2.75, 3.05) is 0 Å². The largest absolute Gasteiger partial charge is 0.357 e. The number of hydrogen-bond acceptors (Lipinski definition) is 1. The predicted octanol–water partition coefficient (Wildman–Crippen LogP) is 3.55. The Morgan fingerprint density at radius 1 is 1.53 bits per heavy atom. The zero-order chi connectivity index (χ0) is 13.4. The molecule has 0 saturated heterocycles. The summed E-state index contributed by atoms with van der Waals surface area (Å²) in [5.74, 6) is 0.837. The molecule has 0 aromatic carbocycles. The van der Waals surface area contributed by atoms with Gasteiger partial charge < -0.3 is 9.55 Å². The van der Waals surface area contributed by atoms with Gasteiger partial charge in [-0.15, -0.1) is 0 Å². The molecule has 2 aromatic rings. The van der Waals surface area contributed by atoms with Crippen molar-refractivity contribution in [1.29, 1.82) is 0 Å². The van der Waals surface area contributed by atoms with Gasteiger partial charge in [-0.2, -0.15) is 0 Å². The number of nitrogens with one attached hydrogen (secondary N) is 1. The Morgan fingerprint density at radius 3 is 3.00 bits per heavy atom. The van der Waals surface area contributed by atoms with Gasteiger partial charge in [-0.25, -0.2) is 0 Å². The summed E-state index contributed by atoms with van der Waals surface area (Å²) in [6.07, 6.45) is 8.50. The van der Waals surface area contributed by atoms with Crippen molar-refractivity contribution >= 4 is 16.5 Å². The molecule has 3 heteroatoms. The number of nitrogens with zero attached hydrogens (tertiary/aromatic N) is 1. The molecule has 100 valence electrons. The first kappa shape index (κ1) is 12.3. The van der Waals surface area contributed by atoms with Gasteiger partial charge in [0.15, 0.2) is 0 Å². The number of H-pyrrole nitrogens is 1. The predicted molar refractivity (Wildman–Crippen MR) is 79.2 cm³/mol. The molecule has 1 aliphatic carbocycles. The van der Waals surface area contributed by atoms with Crippen molar-refractivity contribution < 1.29 is 0 Å². The van der Waals surface area contributed by atoms with Crippen LogP contribution in [0.5, 0.6) is 0 Å². The van der Waals surface area contributed by atoms with Crippen molar-refractivity contribution in [2.24, 2.45) is 5.92 Å². The molecule has 1 saturated carbocycles. The normalized spacial score (nSPS) is 15.0. The number of aromatic amines is 1. The van der Waals surface area contributed by atoms with Crippen LogP contribution in [0.1, 0.15) is 38.2 Å². The lowest BCUT2D eigenvalue weighted by atomic mass is 10.0. The first-order valence-corrected chi connectivity index (χ1v) is 7.09. The monoisotopic (exact) mass is 256 g/mol. The van der Waals surface area contributed by atoms with Crippen LogP contribution < -0.4 is 5.56 Å². The summed E-state index contributed by atoms with van der Waals surface area (Å²) < 4.78 is 1.85. The fourth-order valence-electron chi connectivity index (χ4n) is 2.56. The molecule has 0 aliphatic heterocycles. The summed E-state index contributed by atoms with van der Waals surface area (Å²) in [5.41, 5.74) is 3.00. The third-order valence-corrected chi connectivity index (χ3v) is 4.08. The van der Waals surface area contributed by atoms with E-state index in [9.17, 15) is 4.79 Å². The molecule has 0 radical (unpaired) electrons. The summed E-state index contributed by atoms with van der Waals surface area (Å²) in [6, 6.07) is 1.97. The van der Waals surface area contributed by atoms with Gasteiger partial charge in [0.25, 0.3) is 5.56 Å². The minimum atomic E-state index is 0.0910. The molecule has 19 heavy (non-hydrogen) atoms. The van der Waals surface area contributed by atoms with Crippen molar-refractivity contribution in [2.45, 2.75) is 39.2 Å². The number of hydrogen-bond donors (Lipinski definition) is 1. The first-order valence-electron chi connectivity index (χ1n) is 7.09. The van der Waals surface area contributed by atoms with Crippen molar-refractivity contribution in [3.8, 4) is 0 Å². The minimum Gasteiger partial charge on any atom is -0.357 e. The Labute approximate surface area is 113 Å². The number of pyridine rings is 1. The summed E-state index contributed by atoms with van der Waals surface area (Å²) in [6.45, 7) is 7.04. The molecule has 2 heterocycles. The van der Waals surface area contributed by atoms with Gasteiger partial charge in [0, 0.05) is 29.9 Å². The van der Waals surface area contributed by atoms with E-state index in [4.69, 9.17) is 0 Å². The highest BCUT2D eigenvalue weighted by Gasteiger charge is 2.21. The highest BCUT2D eigenvalue weighted by atomic mass is 16.1. The second kappa shape index (κ2) is 4.72. The van der Waals surface area contributed by atoms with E-state index in [2.05, 4.69) is 18.5 Å². The Bertz CT molecular complexity index is 674. The molecule has 0 amide bonds. The van der Waals surface area contributed by atoms with Crippen molar-refractivity contribution in [3.63, 3.8) is 0 Å². The first-order chi connectivity index (χ1) is 9.20. The lowest BCUT2D eigenvalue weighted by molar-refractivity contribution is 0.583. The molecule has 1 fully saturated rings. The highest BCUT2D eigenvalue weighted by Crippen LogP contribution is 2.32. The Balaban J connectivity index is 2.07. The molecule has 2 aromatic heterocycles.